The van der Waals surface area contributed by atoms with Gasteiger partial charge in [0, 0.05) is 35.8 Å². The van der Waals surface area contributed by atoms with Gasteiger partial charge in [-0.25, -0.2) is 0 Å². The maximum absolute atomic E-state index is 4.26. The zero-order chi connectivity index (χ0) is 12.3. The van der Waals surface area contributed by atoms with E-state index < -0.39 is 0 Å². The lowest BCUT2D eigenvalue weighted by atomic mass is 10.1. The predicted octanol–water partition coefficient (Wildman–Crippen LogP) is 3.03. The van der Waals surface area contributed by atoms with Gasteiger partial charge >= 0.3 is 0 Å². The quantitative estimate of drug-likeness (QED) is 0.882. The van der Waals surface area contributed by atoms with Crippen LogP contribution in [0.5, 0.6) is 0 Å². The highest BCUT2D eigenvalue weighted by atomic mass is 32.1. The van der Waals surface area contributed by atoms with Gasteiger partial charge < -0.3 is 5.32 Å². The van der Waals surface area contributed by atoms with Crippen LogP contribution in [0.2, 0.25) is 0 Å². The first kappa shape index (κ1) is 12.3. The van der Waals surface area contributed by atoms with Crippen LogP contribution in [0.1, 0.15) is 35.5 Å². The van der Waals surface area contributed by atoms with Gasteiger partial charge in [-0.15, -0.1) is 11.3 Å². The molecule has 0 bridgehead atoms. The normalized spacial score (nSPS) is 12.9. The van der Waals surface area contributed by atoms with Crippen LogP contribution in [0.15, 0.2) is 23.7 Å². The van der Waals surface area contributed by atoms with E-state index in [0.717, 1.165) is 13.0 Å². The Hall–Kier alpha value is -1.13. The van der Waals surface area contributed by atoms with Crippen LogP contribution in [-0.2, 0) is 13.6 Å². The minimum atomic E-state index is 0.453. The third kappa shape index (κ3) is 2.76. The van der Waals surface area contributed by atoms with Gasteiger partial charge in [0.15, 0.2) is 0 Å². The molecule has 2 aromatic heterocycles. The summed E-state index contributed by atoms with van der Waals surface area (Å²) in [6.07, 6.45) is 3.06. The molecular formula is C13H19N3S. The van der Waals surface area contributed by atoms with Crippen LogP contribution >= 0.6 is 11.3 Å². The van der Waals surface area contributed by atoms with Crippen molar-refractivity contribution in [3.05, 3.63) is 39.8 Å². The fourth-order valence-corrected chi connectivity index (χ4v) is 2.77. The Balaban J connectivity index is 1.99. The Morgan fingerprint density at radius 2 is 2.35 bits per heavy atom. The summed E-state index contributed by atoms with van der Waals surface area (Å²) < 4.78 is 1.92. The summed E-state index contributed by atoms with van der Waals surface area (Å²) in [4.78, 5) is 1.41. The molecule has 0 aliphatic rings. The van der Waals surface area contributed by atoms with E-state index in [1.807, 2.05) is 29.3 Å². The lowest BCUT2D eigenvalue weighted by Gasteiger charge is -2.15. The maximum atomic E-state index is 4.26. The second-order valence-electron chi connectivity index (χ2n) is 4.24. The molecule has 0 spiro atoms. The summed E-state index contributed by atoms with van der Waals surface area (Å²) in [7, 11) is 1.98. The molecule has 0 aliphatic carbocycles. The van der Waals surface area contributed by atoms with E-state index in [4.69, 9.17) is 0 Å². The van der Waals surface area contributed by atoms with E-state index in [1.54, 1.807) is 0 Å². The van der Waals surface area contributed by atoms with E-state index in [0.29, 0.717) is 6.04 Å². The topological polar surface area (TPSA) is 29.9 Å². The van der Waals surface area contributed by atoms with Crippen LogP contribution in [0, 0.1) is 6.92 Å². The highest BCUT2D eigenvalue weighted by Crippen LogP contribution is 2.22. The number of aromatic nitrogens is 2. The van der Waals surface area contributed by atoms with Crippen molar-refractivity contribution in [3.63, 3.8) is 0 Å². The summed E-state index contributed by atoms with van der Waals surface area (Å²) in [5, 5.41) is 10.00. The number of aryl methyl sites for hydroxylation is 1. The molecule has 0 saturated heterocycles. The molecule has 0 amide bonds. The van der Waals surface area contributed by atoms with Crippen LogP contribution in [-0.4, -0.2) is 9.78 Å². The highest BCUT2D eigenvalue weighted by molar-refractivity contribution is 7.10. The SMILES string of the molecule is CCC(NCc1cnn(C)c1C)c1cccs1. The number of rotatable bonds is 5. The minimum absolute atomic E-state index is 0.453. The first-order valence-corrected chi connectivity index (χ1v) is 6.84. The average molecular weight is 249 g/mol. The van der Waals surface area contributed by atoms with E-state index in [-0.39, 0.29) is 0 Å². The molecule has 3 nitrogen and oxygen atoms in total. The van der Waals surface area contributed by atoms with Crippen molar-refractivity contribution in [2.75, 3.05) is 0 Å². The Morgan fingerprint density at radius 3 is 2.88 bits per heavy atom. The molecule has 0 saturated carbocycles. The molecule has 0 radical (unpaired) electrons. The minimum Gasteiger partial charge on any atom is -0.305 e. The van der Waals surface area contributed by atoms with Crippen LogP contribution in [0.4, 0.5) is 0 Å². The molecule has 2 heterocycles. The lowest BCUT2D eigenvalue weighted by Crippen LogP contribution is -2.19. The fourth-order valence-electron chi connectivity index (χ4n) is 1.89. The summed E-state index contributed by atoms with van der Waals surface area (Å²) in [5.74, 6) is 0. The van der Waals surface area contributed by atoms with Crippen LogP contribution < -0.4 is 5.32 Å². The third-order valence-corrected chi connectivity index (χ3v) is 4.16. The zero-order valence-corrected chi connectivity index (χ0v) is 11.4. The van der Waals surface area contributed by atoms with Gasteiger partial charge in [0.2, 0.25) is 0 Å². The van der Waals surface area contributed by atoms with Gasteiger partial charge in [0.1, 0.15) is 0 Å². The summed E-state index contributed by atoms with van der Waals surface area (Å²) in [6, 6.07) is 4.76. The largest absolute Gasteiger partial charge is 0.305 e. The first-order chi connectivity index (χ1) is 8.22. The Bertz CT molecular complexity index is 459. The van der Waals surface area contributed by atoms with Crippen molar-refractivity contribution < 1.29 is 0 Å². The number of hydrogen-bond donors (Lipinski definition) is 1. The molecule has 0 fully saturated rings. The van der Waals surface area contributed by atoms with Crippen molar-refractivity contribution in [2.24, 2.45) is 7.05 Å². The van der Waals surface area contributed by atoms with E-state index in [9.17, 15) is 0 Å². The first-order valence-electron chi connectivity index (χ1n) is 5.96. The van der Waals surface area contributed by atoms with Crippen molar-refractivity contribution in [1.29, 1.82) is 0 Å². The molecule has 17 heavy (non-hydrogen) atoms. The molecule has 2 aromatic rings. The lowest BCUT2D eigenvalue weighted by molar-refractivity contribution is 0.525. The molecule has 1 atom stereocenters. The molecular weight excluding hydrogens is 230 g/mol. The number of hydrogen-bond acceptors (Lipinski definition) is 3. The molecule has 1 unspecified atom stereocenters. The van der Waals surface area contributed by atoms with E-state index in [2.05, 4.69) is 41.8 Å². The number of thiophene rings is 1. The molecule has 1 N–H and O–H groups in total. The molecule has 0 aliphatic heterocycles. The Morgan fingerprint density at radius 1 is 1.53 bits per heavy atom. The number of nitrogens with zero attached hydrogens (tertiary/aromatic N) is 2. The van der Waals surface area contributed by atoms with Gasteiger partial charge in [-0.3, -0.25) is 4.68 Å². The van der Waals surface area contributed by atoms with Gasteiger partial charge in [0.25, 0.3) is 0 Å². The molecule has 92 valence electrons. The van der Waals surface area contributed by atoms with Crippen molar-refractivity contribution in [1.82, 2.24) is 15.1 Å². The predicted molar refractivity (Wildman–Crippen MR) is 72.1 cm³/mol. The standard InChI is InChI=1S/C13H19N3S/c1-4-12(13-6-5-7-17-13)14-8-11-9-15-16(3)10(11)2/h5-7,9,12,14H,4,8H2,1-3H3. The van der Waals surface area contributed by atoms with Gasteiger partial charge in [0.05, 0.1) is 6.20 Å². The summed E-state index contributed by atoms with van der Waals surface area (Å²) in [5.41, 5.74) is 2.51. The van der Waals surface area contributed by atoms with Crippen molar-refractivity contribution >= 4 is 11.3 Å². The Kier molecular flexibility index (Phi) is 3.97. The summed E-state index contributed by atoms with van der Waals surface area (Å²) in [6.45, 7) is 5.21. The monoisotopic (exact) mass is 249 g/mol. The van der Waals surface area contributed by atoms with Crippen molar-refractivity contribution in [3.8, 4) is 0 Å². The maximum Gasteiger partial charge on any atom is 0.0537 e. The van der Waals surface area contributed by atoms with Gasteiger partial charge in [-0.05, 0) is 24.8 Å². The van der Waals surface area contributed by atoms with Crippen LogP contribution in [0.3, 0.4) is 0 Å². The molecule has 0 aromatic carbocycles. The third-order valence-electron chi connectivity index (χ3n) is 3.17. The highest BCUT2D eigenvalue weighted by Gasteiger charge is 2.11. The Labute approximate surface area is 106 Å². The van der Waals surface area contributed by atoms with Gasteiger partial charge in [-0.1, -0.05) is 13.0 Å². The number of nitrogens with one attached hydrogen (secondary N) is 1. The molecule has 4 heteroatoms. The summed E-state index contributed by atoms with van der Waals surface area (Å²) >= 11 is 1.82. The van der Waals surface area contributed by atoms with Crippen molar-refractivity contribution in [2.45, 2.75) is 32.9 Å². The molecule has 2 rings (SSSR count). The smallest absolute Gasteiger partial charge is 0.0537 e. The van der Waals surface area contributed by atoms with Gasteiger partial charge in [-0.2, -0.15) is 5.10 Å². The zero-order valence-electron chi connectivity index (χ0n) is 10.6. The second kappa shape index (κ2) is 5.47. The second-order valence-corrected chi connectivity index (χ2v) is 5.22. The average Bonchev–Trinajstić information content (AvgIpc) is 2.95. The van der Waals surface area contributed by atoms with E-state index >= 15 is 0 Å². The van der Waals surface area contributed by atoms with E-state index in [1.165, 1.54) is 16.1 Å². The van der Waals surface area contributed by atoms with Crippen LogP contribution in [0.25, 0.3) is 0 Å². The fraction of sp³-hybridized carbons (Fsp3) is 0.462.